The number of hydrogen-bond acceptors (Lipinski definition) is 0. The Balaban J connectivity index is 2.87. The molecule has 0 aliphatic heterocycles. The summed E-state index contributed by atoms with van der Waals surface area (Å²) in [6.45, 7) is 6.03. The van der Waals surface area contributed by atoms with Crippen LogP contribution in [0.3, 0.4) is 0 Å². The monoisotopic (exact) mass is 237 g/mol. The molecule has 0 N–H and O–H groups in total. The smallest absolute Gasteiger partial charge is 0.0353 e. The summed E-state index contributed by atoms with van der Waals surface area (Å²) in [4.78, 5) is 0. The molecule has 0 aliphatic carbocycles. The molecule has 0 aromatic rings. The third-order valence-electron chi connectivity index (χ3n) is 3.33. The van der Waals surface area contributed by atoms with Gasteiger partial charge in [-0.05, 0) is 19.3 Å². The number of allylic oxidation sites excluding steroid dienone is 1. The van der Waals surface area contributed by atoms with Gasteiger partial charge < -0.3 is 0 Å². The van der Waals surface area contributed by atoms with Crippen molar-refractivity contribution in [3.05, 3.63) is 19.1 Å². The zero-order valence-electron chi connectivity index (χ0n) is 12.1. The van der Waals surface area contributed by atoms with E-state index in [1.54, 1.807) is 0 Å². The number of hydrogen-bond donors (Lipinski definition) is 0. The summed E-state index contributed by atoms with van der Waals surface area (Å²) in [7, 11) is 0. The van der Waals surface area contributed by atoms with Crippen molar-refractivity contribution in [2.24, 2.45) is 0 Å². The lowest BCUT2D eigenvalue weighted by atomic mass is 10.0. The van der Waals surface area contributed by atoms with Gasteiger partial charge in [0.05, 0.1) is 0 Å². The average molecular weight is 237 g/mol. The van der Waals surface area contributed by atoms with Crippen LogP contribution >= 0.6 is 0 Å². The highest BCUT2D eigenvalue weighted by atomic mass is 14.0. The van der Waals surface area contributed by atoms with Crippen molar-refractivity contribution in [3.8, 4) is 0 Å². The van der Waals surface area contributed by atoms with Gasteiger partial charge in [0, 0.05) is 0 Å². The minimum Gasteiger partial charge on any atom is -0.103 e. The summed E-state index contributed by atoms with van der Waals surface area (Å²) in [5.41, 5.74) is 0. The Hall–Kier alpha value is -0.260. The van der Waals surface area contributed by atoms with Crippen LogP contribution < -0.4 is 0 Å². The Morgan fingerprint density at radius 2 is 1.12 bits per heavy atom. The Morgan fingerprint density at radius 1 is 0.647 bits per heavy atom. The maximum Gasteiger partial charge on any atom is -0.0353 e. The topological polar surface area (TPSA) is 0 Å². The van der Waals surface area contributed by atoms with Crippen molar-refractivity contribution >= 4 is 0 Å². The van der Waals surface area contributed by atoms with Gasteiger partial charge in [-0.1, -0.05) is 83.6 Å². The third kappa shape index (κ3) is 15.7. The highest BCUT2D eigenvalue weighted by molar-refractivity contribution is 4.68. The predicted octanol–water partition coefficient (Wildman–Crippen LogP) is 6.47. The maximum atomic E-state index is 3.75. The summed E-state index contributed by atoms with van der Waals surface area (Å²) >= 11 is 0. The summed E-state index contributed by atoms with van der Waals surface area (Å²) in [6.07, 6.45) is 22.5. The van der Waals surface area contributed by atoms with E-state index in [4.69, 9.17) is 0 Å². The predicted molar refractivity (Wildman–Crippen MR) is 80.2 cm³/mol. The van der Waals surface area contributed by atoms with Crippen molar-refractivity contribution in [2.45, 2.75) is 90.4 Å². The first kappa shape index (κ1) is 16.7. The molecule has 0 aromatic heterocycles. The van der Waals surface area contributed by atoms with Crippen LogP contribution in [0.4, 0.5) is 0 Å². The van der Waals surface area contributed by atoms with Crippen LogP contribution in [0.5, 0.6) is 0 Å². The molecular weight excluding hydrogens is 204 g/mol. The second-order valence-corrected chi connectivity index (χ2v) is 5.13. The maximum absolute atomic E-state index is 3.75. The molecule has 0 nitrogen and oxygen atoms in total. The fourth-order valence-corrected chi connectivity index (χ4v) is 2.14. The van der Waals surface area contributed by atoms with Crippen molar-refractivity contribution in [3.63, 3.8) is 0 Å². The first-order valence-electron chi connectivity index (χ1n) is 7.84. The van der Waals surface area contributed by atoms with Crippen LogP contribution in [0.1, 0.15) is 90.4 Å². The molecule has 17 heavy (non-hydrogen) atoms. The van der Waals surface area contributed by atoms with E-state index in [0.29, 0.717) is 0 Å². The van der Waals surface area contributed by atoms with Crippen LogP contribution in [0, 0.1) is 6.42 Å². The summed E-state index contributed by atoms with van der Waals surface area (Å²) in [5, 5.41) is 0. The second kappa shape index (κ2) is 15.7. The van der Waals surface area contributed by atoms with Gasteiger partial charge in [0.2, 0.25) is 0 Å². The first-order chi connectivity index (χ1) is 8.41. The summed E-state index contributed by atoms with van der Waals surface area (Å²) in [6, 6.07) is 0. The molecular formula is C17H33. The molecule has 0 aromatic carbocycles. The molecule has 0 heteroatoms. The van der Waals surface area contributed by atoms with Crippen molar-refractivity contribution in [1.82, 2.24) is 0 Å². The van der Waals surface area contributed by atoms with Crippen LogP contribution in [0.2, 0.25) is 0 Å². The van der Waals surface area contributed by atoms with Gasteiger partial charge in [0.1, 0.15) is 0 Å². The van der Waals surface area contributed by atoms with Gasteiger partial charge in [-0.2, -0.15) is 0 Å². The highest BCUT2D eigenvalue weighted by Crippen LogP contribution is 2.12. The minimum atomic E-state index is 1.19. The van der Waals surface area contributed by atoms with Gasteiger partial charge in [0.25, 0.3) is 0 Å². The molecule has 0 saturated heterocycles. The lowest BCUT2D eigenvalue weighted by Crippen LogP contribution is -1.83. The standard InChI is InChI=1S/C17H33/c1-3-5-7-9-11-13-15-17-16-14-12-10-8-6-4-2/h3,15H,1,4-14,16-17H2,2H3. The third-order valence-corrected chi connectivity index (χ3v) is 3.33. The number of rotatable bonds is 14. The summed E-state index contributed by atoms with van der Waals surface area (Å²) in [5.74, 6) is 0. The molecule has 0 rings (SSSR count). The summed E-state index contributed by atoms with van der Waals surface area (Å²) < 4.78 is 0. The minimum absolute atomic E-state index is 1.19. The van der Waals surface area contributed by atoms with E-state index in [1.807, 2.05) is 6.08 Å². The van der Waals surface area contributed by atoms with Crippen LogP contribution in [-0.4, -0.2) is 0 Å². The van der Waals surface area contributed by atoms with E-state index in [1.165, 1.54) is 83.5 Å². The Bertz CT molecular complexity index is 137. The van der Waals surface area contributed by atoms with Gasteiger partial charge in [-0.25, -0.2) is 0 Å². The Kier molecular flexibility index (Phi) is 15.5. The Morgan fingerprint density at radius 3 is 1.71 bits per heavy atom. The van der Waals surface area contributed by atoms with Crippen LogP contribution in [-0.2, 0) is 0 Å². The normalized spacial score (nSPS) is 10.6. The molecule has 0 aliphatic rings. The highest BCUT2D eigenvalue weighted by Gasteiger charge is 1.93. The van der Waals surface area contributed by atoms with Crippen molar-refractivity contribution in [2.75, 3.05) is 0 Å². The van der Waals surface area contributed by atoms with Gasteiger partial charge in [0.15, 0.2) is 0 Å². The molecule has 101 valence electrons. The molecule has 0 amide bonds. The SMILES string of the molecule is C=CCCCCC[CH]CCCCCCCCC. The fraction of sp³-hybridized carbons (Fsp3) is 0.824. The Labute approximate surface area is 110 Å². The lowest BCUT2D eigenvalue weighted by molar-refractivity contribution is 0.580. The zero-order chi connectivity index (χ0) is 12.6. The van der Waals surface area contributed by atoms with Crippen LogP contribution in [0.25, 0.3) is 0 Å². The van der Waals surface area contributed by atoms with E-state index in [2.05, 4.69) is 19.9 Å². The zero-order valence-corrected chi connectivity index (χ0v) is 12.1. The van der Waals surface area contributed by atoms with E-state index in [9.17, 15) is 0 Å². The van der Waals surface area contributed by atoms with Crippen molar-refractivity contribution in [1.29, 1.82) is 0 Å². The largest absolute Gasteiger partial charge is 0.103 e. The number of unbranched alkanes of at least 4 members (excludes halogenated alkanes) is 13. The quantitative estimate of drug-likeness (QED) is 0.240. The average Bonchev–Trinajstić information content (AvgIpc) is 2.35. The van der Waals surface area contributed by atoms with E-state index in [0.717, 1.165) is 0 Å². The molecule has 0 fully saturated rings. The van der Waals surface area contributed by atoms with E-state index < -0.39 is 0 Å². The van der Waals surface area contributed by atoms with Crippen molar-refractivity contribution < 1.29 is 0 Å². The second-order valence-electron chi connectivity index (χ2n) is 5.13. The first-order valence-corrected chi connectivity index (χ1v) is 7.84. The molecule has 0 unspecified atom stereocenters. The van der Waals surface area contributed by atoms with E-state index >= 15 is 0 Å². The molecule has 0 atom stereocenters. The van der Waals surface area contributed by atoms with Gasteiger partial charge in [-0.15, -0.1) is 6.58 Å². The molecule has 1 radical (unpaired) electrons. The molecule has 0 saturated carbocycles. The lowest BCUT2D eigenvalue weighted by Gasteiger charge is -2.02. The van der Waals surface area contributed by atoms with Gasteiger partial charge in [-0.3, -0.25) is 0 Å². The molecule has 0 bridgehead atoms. The molecule has 0 heterocycles. The molecule has 0 spiro atoms. The van der Waals surface area contributed by atoms with Gasteiger partial charge >= 0.3 is 0 Å². The van der Waals surface area contributed by atoms with Crippen LogP contribution in [0.15, 0.2) is 12.7 Å². The van der Waals surface area contributed by atoms with E-state index in [-0.39, 0.29) is 0 Å². The fourth-order valence-electron chi connectivity index (χ4n) is 2.14.